The number of nitrogens with two attached hydrogens (primary N) is 1. The van der Waals surface area contributed by atoms with Gasteiger partial charge in [0.2, 0.25) is 0 Å². The van der Waals surface area contributed by atoms with Crippen molar-refractivity contribution in [2.75, 3.05) is 5.73 Å². The molecule has 2 rings (SSSR count). The minimum absolute atomic E-state index is 0.286. The third-order valence-corrected chi connectivity index (χ3v) is 2.79. The van der Waals surface area contributed by atoms with Gasteiger partial charge in [-0.05, 0) is 18.1 Å². The summed E-state index contributed by atoms with van der Waals surface area (Å²) in [7, 11) is 1.67. The molecular weight excluding hydrogens is 224 g/mol. The highest BCUT2D eigenvalue weighted by Gasteiger charge is 2.15. The number of anilines is 1. The van der Waals surface area contributed by atoms with Gasteiger partial charge in [-0.2, -0.15) is 5.10 Å². The Kier molecular flexibility index (Phi) is 2.83. The minimum atomic E-state index is -0.626. The second-order valence-corrected chi connectivity index (χ2v) is 3.84. The van der Waals surface area contributed by atoms with E-state index in [2.05, 4.69) is 5.10 Å². The van der Waals surface area contributed by atoms with Crippen LogP contribution in [-0.4, -0.2) is 9.78 Å². The Labute approximate surface area is 97.9 Å². The number of aryl methyl sites for hydroxylation is 2. The van der Waals surface area contributed by atoms with Crippen LogP contribution >= 0.6 is 0 Å². The highest BCUT2D eigenvalue weighted by molar-refractivity contribution is 5.74. The van der Waals surface area contributed by atoms with Gasteiger partial charge >= 0.3 is 0 Å². The van der Waals surface area contributed by atoms with Gasteiger partial charge in [-0.25, -0.2) is 8.78 Å². The molecule has 0 spiro atoms. The molecule has 5 heteroatoms. The number of rotatable bonds is 2. The standard InChI is InChI=1S/C12H13F2N3/c1-3-7-4-8(11(14)5-10(7)13)9-6-16-17(2)12(9)15/h4-6H,3,15H2,1-2H3. The molecular formula is C12H13F2N3. The molecule has 0 atom stereocenters. The smallest absolute Gasteiger partial charge is 0.134 e. The van der Waals surface area contributed by atoms with Crippen molar-refractivity contribution in [3.8, 4) is 11.1 Å². The number of halogens is 2. The highest BCUT2D eigenvalue weighted by atomic mass is 19.1. The highest BCUT2D eigenvalue weighted by Crippen LogP contribution is 2.29. The van der Waals surface area contributed by atoms with Crippen LogP contribution in [0.2, 0.25) is 0 Å². The van der Waals surface area contributed by atoms with Crippen molar-refractivity contribution >= 4 is 5.82 Å². The molecule has 90 valence electrons. The largest absolute Gasteiger partial charge is 0.383 e. The van der Waals surface area contributed by atoms with Gasteiger partial charge in [-0.1, -0.05) is 6.92 Å². The van der Waals surface area contributed by atoms with Crippen LogP contribution in [0, 0.1) is 11.6 Å². The lowest BCUT2D eigenvalue weighted by Gasteiger charge is -2.06. The number of hydrogen-bond donors (Lipinski definition) is 1. The maximum absolute atomic E-state index is 13.7. The third kappa shape index (κ3) is 1.88. The summed E-state index contributed by atoms with van der Waals surface area (Å²) in [4.78, 5) is 0. The normalized spacial score (nSPS) is 10.8. The number of hydrogen-bond acceptors (Lipinski definition) is 2. The third-order valence-electron chi connectivity index (χ3n) is 2.79. The fourth-order valence-electron chi connectivity index (χ4n) is 1.73. The Hall–Kier alpha value is -1.91. The molecule has 0 saturated carbocycles. The quantitative estimate of drug-likeness (QED) is 0.872. The van der Waals surface area contributed by atoms with Crippen molar-refractivity contribution in [3.63, 3.8) is 0 Å². The van der Waals surface area contributed by atoms with Crippen molar-refractivity contribution in [2.45, 2.75) is 13.3 Å². The molecule has 0 bridgehead atoms. The molecule has 1 aromatic heterocycles. The van der Waals surface area contributed by atoms with Gasteiger partial charge in [0.25, 0.3) is 0 Å². The molecule has 0 fully saturated rings. The first-order chi connectivity index (χ1) is 8.04. The summed E-state index contributed by atoms with van der Waals surface area (Å²) in [6.07, 6.45) is 1.98. The average Bonchev–Trinajstić information content (AvgIpc) is 2.61. The molecule has 0 amide bonds. The van der Waals surface area contributed by atoms with Crippen LogP contribution in [-0.2, 0) is 13.5 Å². The summed E-state index contributed by atoms with van der Waals surface area (Å²) in [6.45, 7) is 1.81. The van der Waals surface area contributed by atoms with Crippen LogP contribution in [0.1, 0.15) is 12.5 Å². The van der Waals surface area contributed by atoms with Crippen molar-refractivity contribution in [1.82, 2.24) is 9.78 Å². The van der Waals surface area contributed by atoms with E-state index in [9.17, 15) is 8.78 Å². The number of nitrogen functional groups attached to an aromatic ring is 1. The SMILES string of the molecule is CCc1cc(-c2cnn(C)c2N)c(F)cc1F. The zero-order chi connectivity index (χ0) is 12.6. The van der Waals surface area contributed by atoms with Gasteiger partial charge in [-0.15, -0.1) is 0 Å². The lowest BCUT2D eigenvalue weighted by atomic mass is 10.0. The predicted octanol–water partition coefficient (Wildman–Crippen LogP) is 2.51. The van der Waals surface area contributed by atoms with Crippen LogP contribution in [0.3, 0.4) is 0 Å². The van der Waals surface area contributed by atoms with E-state index in [1.807, 2.05) is 6.92 Å². The van der Waals surface area contributed by atoms with Gasteiger partial charge in [0.1, 0.15) is 17.5 Å². The van der Waals surface area contributed by atoms with Gasteiger partial charge in [-0.3, -0.25) is 4.68 Å². The topological polar surface area (TPSA) is 43.8 Å². The Balaban J connectivity index is 2.63. The molecule has 2 N–H and O–H groups in total. The Morgan fingerprint density at radius 1 is 1.24 bits per heavy atom. The monoisotopic (exact) mass is 237 g/mol. The van der Waals surface area contributed by atoms with Crippen LogP contribution in [0.25, 0.3) is 11.1 Å². The summed E-state index contributed by atoms with van der Waals surface area (Å²) in [5.41, 5.74) is 7.01. The Morgan fingerprint density at radius 2 is 1.94 bits per heavy atom. The maximum Gasteiger partial charge on any atom is 0.134 e. The number of benzene rings is 1. The Morgan fingerprint density at radius 3 is 2.47 bits per heavy atom. The summed E-state index contributed by atoms with van der Waals surface area (Å²) < 4.78 is 28.5. The van der Waals surface area contributed by atoms with Crippen LogP contribution in [0.15, 0.2) is 18.3 Å². The summed E-state index contributed by atoms with van der Waals surface area (Å²) >= 11 is 0. The van der Waals surface area contributed by atoms with Crippen molar-refractivity contribution in [2.24, 2.45) is 7.05 Å². The fourth-order valence-corrected chi connectivity index (χ4v) is 1.73. The van der Waals surface area contributed by atoms with Gasteiger partial charge in [0.05, 0.1) is 6.20 Å². The Bertz CT molecular complexity index is 561. The van der Waals surface area contributed by atoms with Gasteiger partial charge in [0, 0.05) is 24.2 Å². The van der Waals surface area contributed by atoms with Crippen molar-refractivity contribution in [1.29, 1.82) is 0 Å². The lowest BCUT2D eigenvalue weighted by Crippen LogP contribution is -1.99. The second kappa shape index (κ2) is 4.16. The van der Waals surface area contributed by atoms with E-state index in [0.717, 1.165) is 6.07 Å². The predicted molar refractivity (Wildman–Crippen MR) is 62.4 cm³/mol. The van der Waals surface area contributed by atoms with E-state index in [1.165, 1.54) is 16.9 Å². The summed E-state index contributed by atoms with van der Waals surface area (Å²) in [5, 5.41) is 3.94. The fraction of sp³-hybridized carbons (Fsp3) is 0.250. The average molecular weight is 237 g/mol. The molecule has 3 nitrogen and oxygen atoms in total. The molecule has 0 radical (unpaired) electrons. The second-order valence-electron chi connectivity index (χ2n) is 3.84. The molecule has 2 aromatic rings. The van der Waals surface area contributed by atoms with E-state index in [-0.39, 0.29) is 5.56 Å². The number of nitrogens with zero attached hydrogens (tertiary/aromatic N) is 2. The molecule has 0 saturated heterocycles. The molecule has 0 aliphatic rings. The van der Waals surface area contributed by atoms with Gasteiger partial charge < -0.3 is 5.73 Å². The van der Waals surface area contributed by atoms with E-state index in [0.29, 0.717) is 23.4 Å². The molecule has 17 heavy (non-hydrogen) atoms. The molecule has 1 aromatic carbocycles. The van der Waals surface area contributed by atoms with Crippen molar-refractivity contribution < 1.29 is 8.78 Å². The van der Waals surface area contributed by atoms with E-state index in [4.69, 9.17) is 5.73 Å². The van der Waals surface area contributed by atoms with E-state index in [1.54, 1.807) is 7.05 Å². The lowest BCUT2D eigenvalue weighted by molar-refractivity contribution is 0.575. The summed E-state index contributed by atoms with van der Waals surface area (Å²) in [5.74, 6) is -0.798. The van der Waals surface area contributed by atoms with Crippen LogP contribution in [0.4, 0.5) is 14.6 Å². The molecule has 0 aliphatic carbocycles. The first kappa shape index (κ1) is 11.6. The summed E-state index contributed by atoms with van der Waals surface area (Å²) in [6, 6.07) is 2.37. The molecule has 0 aliphatic heterocycles. The minimum Gasteiger partial charge on any atom is -0.383 e. The number of aromatic nitrogens is 2. The maximum atomic E-state index is 13.7. The first-order valence-electron chi connectivity index (χ1n) is 5.30. The van der Waals surface area contributed by atoms with Crippen LogP contribution in [0.5, 0.6) is 0 Å². The van der Waals surface area contributed by atoms with E-state index < -0.39 is 11.6 Å². The molecule has 1 heterocycles. The zero-order valence-electron chi connectivity index (χ0n) is 9.67. The molecule has 0 unspecified atom stereocenters. The van der Waals surface area contributed by atoms with Gasteiger partial charge in [0.15, 0.2) is 0 Å². The first-order valence-corrected chi connectivity index (χ1v) is 5.30. The zero-order valence-corrected chi connectivity index (χ0v) is 9.67. The van der Waals surface area contributed by atoms with E-state index >= 15 is 0 Å². The van der Waals surface area contributed by atoms with Crippen LogP contribution < -0.4 is 5.73 Å². The van der Waals surface area contributed by atoms with Crippen molar-refractivity contribution in [3.05, 3.63) is 35.5 Å².